The highest BCUT2D eigenvalue weighted by atomic mass is 35.5. The summed E-state index contributed by atoms with van der Waals surface area (Å²) in [5, 5.41) is 1.28. The van der Waals surface area contributed by atoms with Crippen LogP contribution in [-0.4, -0.2) is 35.9 Å². The van der Waals surface area contributed by atoms with Crippen LogP contribution < -0.4 is 4.90 Å². The molecule has 1 atom stereocenters. The molecule has 0 unspecified atom stereocenters. The smallest absolute Gasteiger partial charge is 0.337 e. The first kappa shape index (κ1) is 20.2. The van der Waals surface area contributed by atoms with Gasteiger partial charge in [-0.15, -0.1) is 0 Å². The van der Waals surface area contributed by atoms with Crippen LogP contribution in [0.1, 0.15) is 22.8 Å². The average molecular weight is 415 g/mol. The molecule has 1 heterocycles. The van der Waals surface area contributed by atoms with Crippen LogP contribution in [0.2, 0.25) is 5.02 Å². The van der Waals surface area contributed by atoms with Gasteiger partial charge in [0.2, 0.25) is 0 Å². The number of benzene rings is 2. The van der Waals surface area contributed by atoms with Gasteiger partial charge in [0.05, 0.1) is 24.4 Å². The maximum absolute atomic E-state index is 13.0. The molecule has 0 saturated heterocycles. The van der Waals surface area contributed by atoms with Crippen LogP contribution in [0, 0.1) is 0 Å². The number of hydrogen-bond acceptors (Lipinski definition) is 5. The Morgan fingerprint density at radius 1 is 1.18 bits per heavy atom. The molecule has 0 fully saturated rings. The van der Waals surface area contributed by atoms with Crippen molar-refractivity contribution in [2.24, 2.45) is 4.99 Å². The molecule has 0 saturated carbocycles. The lowest BCUT2D eigenvalue weighted by Crippen LogP contribution is -2.33. The molecule has 3 rings (SSSR count). The molecule has 0 radical (unpaired) electrons. The molecule has 7 heteroatoms. The zero-order valence-corrected chi connectivity index (χ0v) is 17.0. The van der Waals surface area contributed by atoms with E-state index >= 15 is 0 Å². The average Bonchev–Trinajstić information content (AvgIpc) is 3.13. The molecule has 144 valence electrons. The van der Waals surface area contributed by atoms with Crippen molar-refractivity contribution >= 4 is 52.2 Å². The number of nitrogens with zero attached hydrogens (tertiary/aromatic N) is 2. The van der Waals surface area contributed by atoms with Crippen molar-refractivity contribution in [3.8, 4) is 0 Å². The lowest BCUT2D eigenvalue weighted by Gasteiger charge is -2.20. The third-order valence-corrected chi connectivity index (χ3v) is 5.48. The SMILES string of the molecule is COC(=O)c1ccc(/C=C/C(=O)N(C2=N[C@H](C)CS2)c2ccc(Cl)cc2)cc1. The number of aliphatic imine (C=N–C) groups is 1. The van der Waals surface area contributed by atoms with Crippen LogP contribution in [0.15, 0.2) is 59.6 Å². The zero-order chi connectivity index (χ0) is 20.1. The summed E-state index contributed by atoms with van der Waals surface area (Å²) in [6, 6.07) is 14.1. The van der Waals surface area contributed by atoms with Crippen molar-refractivity contribution in [1.82, 2.24) is 0 Å². The highest BCUT2D eigenvalue weighted by Gasteiger charge is 2.25. The Hall–Kier alpha value is -2.57. The first-order valence-electron chi connectivity index (χ1n) is 8.64. The quantitative estimate of drug-likeness (QED) is 0.539. The highest BCUT2D eigenvalue weighted by molar-refractivity contribution is 8.14. The predicted molar refractivity (Wildman–Crippen MR) is 115 cm³/mol. The number of methoxy groups -OCH3 is 1. The van der Waals surface area contributed by atoms with Gasteiger partial charge in [-0.2, -0.15) is 0 Å². The molecule has 28 heavy (non-hydrogen) atoms. The summed E-state index contributed by atoms with van der Waals surface area (Å²) in [6.07, 6.45) is 3.20. The first-order chi connectivity index (χ1) is 13.5. The van der Waals surface area contributed by atoms with Crippen molar-refractivity contribution in [3.63, 3.8) is 0 Å². The van der Waals surface area contributed by atoms with E-state index in [9.17, 15) is 9.59 Å². The second-order valence-electron chi connectivity index (χ2n) is 6.17. The summed E-state index contributed by atoms with van der Waals surface area (Å²) in [5.74, 6) is 0.233. The number of carbonyl (C=O) groups excluding carboxylic acids is 2. The third-order valence-electron chi connectivity index (χ3n) is 4.03. The molecule has 0 N–H and O–H groups in total. The first-order valence-corrected chi connectivity index (χ1v) is 10.0. The summed E-state index contributed by atoms with van der Waals surface area (Å²) < 4.78 is 4.69. The summed E-state index contributed by atoms with van der Waals surface area (Å²) in [7, 11) is 1.34. The van der Waals surface area contributed by atoms with Gasteiger partial charge in [0.1, 0.15) is 0 Å². The van der Waals surface area contributed by atoms with E-state index in [4.69, 9.17) is 11.6 Å². The maximum atomic E-state index is 13.0. The Balaban J connectivity index is 1.83. The number of anilines is 1. The Labute approximate surface area is 173 Å². The zero-order valence-electron chi connectivity index (χ0n) is 15.5. The van der Waals surface area contributed by atoms with Gasteiger partial charge < -0.3 is 4.74 Å². The van der Waals surface area contributed by atoms with Crippen LogP contribution in [0.3, 0.4) is 0 Å². The minimum absolute atomic E-state index is 0.164. The molecule has 1 aliphatic rings. The topological polar surface area (TPSA) is 59.0 Å². The predicted octanol–water partition coefficient (Wildman–Crippen LogP) is 4.66. The lowest BCUT2D eigenvalue weighted by molar-refractivity contribution is -0.113. The van der Waals surface area contributed by atoms with Gasteiger partial charge >= 0.3 is 5.97 Å². The molecule has 2 aromatic carbocycles. The summed E-state index contributed by atoms with van der Waals surface area (Å²) in [5.41, 5.74) is 1.96. The van der Waals surface area contributed by atoms with Gasteiger partial charge in [0.15, 0.2) is 5.17 Å². The number of halogens is 1. The fraction of sp³-hybridized carbons (Fsp3) is 0.190. The summed E-state index contributed by atoms with van der Waals surface area (Å²) >= 11 is 7.53. The number of amidine groups is 1. The number of thioether (sulfide) groups is 1. The van der Waals surface area contributed by atoms with Crippen LogP contribution >= 0.6 is 23.4 Å². The van der Waals surface area contributed by atoms with Gasteiger partial charge in [0, 0.05) is 16.9 Å². The Kier molecular flexibility index (Phi) is 6.54. The number of amides is 1. The van der Waals surface area contributed by atoms with Gasteiger partial charge in [-0.05, 0) is 55.0 Å². The summed E-state index contributed by atoms with van der Waals surface area (Å²) in [6.45, 7) is 2.02. The van der Waals surface area contributed by atoms with Gasteiger partial charge in [0.25, 0.3) is 5.91 Å². The standard InChI is InChI=1S/C21H19ClN2O3S/c1-14-13-28-21(23-14)24(18-10-8-17(22)9-11-18)19(25)12-5-15-3-6-16(7-4-15)20(26)27-2/h3-12,14H,13H2,1-2H3/b12-5+/t14-/m1/s1. The number of ether oxygens (including phenoxy) is 1. The maximum Gasteiger partial charge on any atom is 0.337 e. The van der Waals surface area contributed by atoms with Gasteiger partial charge in [-0.3, -0.25) is 14.7 Å². The molecular weight excluding hydrogens is 396 g/mol. The number of hydrogen-bond donors (Lipinski definition) is 0. The van der Waals surface area contributed by atoms with Crippen LogP contribution in [0.4, 0.5) is 5.69 Å². The number of esters is 1. The normalized spacial score (nSPS) is 16.1. The van der Waals surface area contributed by atoms with Crippen molar-refractivity contribution in [2.45, 2.75) is 13.0 Å². The molecule has 2 aromatic rings. The van der Waals surface area contributed by atoms with Crippen molar-refractivity contribution in [3.05, 3.63) is 70.8 Å². The van der Waals surface area contributed by atoms with Crippen molar-refractivity contribution in [1.29, 1.82) is 0 Å². The minimum atomic E-state index is -0.397. The molecule has 0 spiro atoms. The van der Waals surface area contributed by atoms with E-state index < -0.39 is 5.97 Å². The van der Waals surface area contributed by atoms with E-state index in [-0.39, 0.29) is 11.9 Å². The molecule has 0 bridgehead atoms. The number of carbonyl (C=O) groups is 2. The van der Waals surface area contributed by atoms with E-state index in [0.717, 1.165) is 11.3 Å². The van der Waals surface area contributed by atoms with Gasteiger partial charge in [-0.25, -0.2) is 4.79 Å². The Morgan fingerprint density at radius 2 is 1.86 bits per heavy atom. The van der Waals surface area contributed by atoms with Crippen LogP contribution in [-0.2, 0) is 9.53 Å². The molecule has 1 amide bonds. The van der Waals surface area contributed by atoms with Crippen LogP contribution in [0.25, 0.3) is 6.08 Å². The number of rotatable bonds is 4. The Morgan fingerprint density at radius 3 is 2.43 bits per heavy atom. The lowest BCUT2D eigenvalue weighted by atomic mass is 10.1. The molecular formula is C21H19ClN2O3S. The van der Waals surface area contributed by atoms with Crippen molar-refractivity contribution < 1.29 is 14.3 Å². The van der Waals surface area contributed by atoms with Gasteiger partial charge in [-0.1, -0.05) is 35.5 Å². The minimum Gasteiger partial charge on any atom is -0.465 e. The highest BCUT2D eigenvalue weighted by Crippen LogP contribution is 2.27. The monoisotopic (exact) mass is 414 g/mol. The summed E-state index contributed by atoms with van der Waals surface area (Å²) in [4.78, 5) is 30.6. The van der Waals surface area contributed by atoms with E-state index in [0.29, 0.717) is 21.4 Å². The van der Waals surface area contributed by atoms with Crippen LogP contribution in [0.5, 0.6) is 0 Å². The Bertz CT molecular complexity index is 924. The second kappa shape index (κ2) is 9.08. The third kappa shape index (κ3) is 4.82. The molecule has 0 aliphatic carbocycles. The second-order valence-corrected chi connectivity index (χ2v) is 7.59. The molecule has 0 aromatic heterocycles. The fourth-order valence-corrected chi connectivity index (χ4v) is 3.76. The fourth-order valence-electron chi connectivity index (χ4n) is 2.59. The largest absolute Gasteiger partial charge is 0.465 e. The molecule has 1 aliphatic heterocycles. The van der Waals surface area contributed by atoms with E-state index in [1.54, 1.807) is 71.3 Å². The van der Waals surface area contributed by atoms with Crippen molar-refractivity contribution in [2.75, 3.05) is 17.8 Å². The van der Waals surface area contributed by atoms with E-state index in [1.807, 2.05) is 6.92 Å². The van der Waals surface area contributed by atoms with E-state index in [2.05, 4.69) is 9.73 Å². The molecule has 5 nitrogen and oxygen atoms in total. The van der Waals surface area contributed by atoms with E-state index in [1.165, 1.54) is 13.2 Å².